The van der Waals surface area contributed by atoms with Crippen molar-refractivity contribution in [2.45, 2.75) is 13.8 Å². The second kappa shape index (κ2) is 3.12. The summed E-state index contributed by atoms with van der Waals surface area (Å²) in [6, 6.07) is 0. The van der Waals surface area contributed by atoms with Gasteiger partial charge in [-0.2, -0.15) is 0 Å². The molecule has 0 radical (unpaired) electrons. The number of anilines is 1. The molecule has 4 nitrogen and oxygen atoms in total. The third kappa shape index (κ3) is 1.28. The van der Waals surface area contributed by atoms with Gasteiger partial charge in [-0.05, 0) is 19.4 Å². The zero-order valence-corrected chi connectivity index (χ0v) is 7.79. The van der Waals surface area contributed by atoms with Crippen molar-refractivity contribution in [3.8, 4) is 0 Å². The number of thiophene rings is 1. The van der Waals surface area contributed by atoms with E-state index in [0.29, 0.717) is 10.6 Å². The Kier molecular flexibility index (Phi) is 2.35. The molecule has 1 aromatic rings. The van der Waals surface area contributed by atoms with E-state index in [4.69, 9.17) is 11.6 Å². The van der Waals surface area contributed by atoms with Crippen LogP contribution in [-0.2, 0) is 0 Å². The molecule has 0 aliphatic heterocycles. The van der Waals surface area contributed by atoms with E-state index in [1.165, 1.54) is 11.3 Å². The lowest BCUT2D eigenvalue weighted by molar-refractivity contribution is 0.0954. The first kappa shape index (κ1) is 9.02. The zero-order chi connectivity index (χ0) is 9.30. The number of amides is 1. The number of nitrogens with two attached hydrogens (primary N) is 2. The van der Waals surface area contributed by atoms with Crippen LogP contribution < -0.4 is 17.0 Å². The van der Waals surface area contributed by atoms with E-state index in [2.05, 4.69) is 5.43 Å². The summed E-state index contributed by atoms with van der Waals surface area (Å²) < 4.78 is 0. The third-order valence-corrected chi connectivity index (χ3v) is 2.81. The molecule has 0 aromatic carbocycles. The van der Waals surface area contributed by atoms with Crippen LogP contribution >= 0.6 is 11.3 Å². The van der Waals surface area contributed by atoms with Crippen molar-refractivity contribution in [1.29, 1.82) is 0 Å². The molecule has 5 heteroatoms. The number of carbonyl (C=O) groups is 1. The normalized spacial score (nSPS) is 9.92. The SMILES string of the molecule is Cc1sc(N)c(C(=O)NN)c1C. The van der Waals surface area contributed by atoms with Gasteiger partial charge in [0.05, 0.1) is 10.6 Å². The maximum atomic E-state index is 11.2. The van der Waals surface area contributed by atoms with Gasteiger partial charge in [-0.25, -0.2) is 5.84 Å². The van der Waals surface area contributed by atoms with E-state index in [1.807, 2.05) is 13.8 Å². The first-order valence-corrected chi connectivity index (χ1v) is 4.26. The van der Waals surface area contributed by atoms with Crippen LogP contribution in [0.25, 0.3) is 0 Å². The Balaban J connectivity index is 3.22. The Morgan fingerprint density at radius 1 is 1.50 bits per heavy atom. The van der Waals surface area contributed by atoms with Crippen LogP contribution in [0, 0.1) is 13.8 Å². The first-order valence-electron chi connectivity index (χ1n) is 3.44. The van der Waals surface area contributed by atoms with Gasteiger partial charge in [0.15, 0.2) is 0 Å². The van der Waals surface area contributed by atoms with Crippen LogP contribution in [0.15, 0.2) is 0 Å². The monoisotopic (exact) mass is 185 g/mol. The summed E-state index contributed by atoms with van der Waals surface area (Å²) >= 11 is 1.40. The molecule has 66 valence electrons. The molecule has 0 atom stereocenters. The van der Waals surface area contributed by atoms with Gasteiger partial charge in [-0.1, -0.05) is 0 Å². The number of hydrogen-bond acceptors (Lipinski definition) is 4. The molecule has 1 amide bonds. The highest BCUT2D eigenvalue weighted by molar-refractivity contribution is 7.16. The highest BCUT2D eigenvalue weighted by Gasteiger charge is 2.15. The third-order valence-electron chi connectivity index (χ3n) is 1.77. The molecule has 0 fully saturated rings. The summed E-state index contributed by atoms with van der Waals surface area (Å²) in [4.78, 5) is 12.2. The Labute approximate surface area is 74.5 Å². The minimum Gasteiger partial charge on any atom is -0.390 e. The average molecular weight is 185 g/mol. The molecule has 0 bridgehead atoms. The van der Waals surface area contributed by atoms with Gasteiger partial charge in [-0.15, -0.1) is 11.3 Å². The lowest BCUT2D eigenvalue weighted by Gasteiger charge is -1.99. The summed E-state index contributed by atoms with van der Waals surface area (Å²) in [5.41, 5.74) is 9.09. The van der Waals surface area contributed by atoms with E-state index >= 15 is 0 Å². The standard InChI is InChI=1S/C7H11N3OS/c1-3-4(2)12-6(8)5(3)7(11)10-9/h8-9H2,1-2H3,(H,10,11). The summed E-state index contributed by atoms with van der Waals surface area (Å²) in [5, 5.41) is 0.521. The highest BCUT2D eigenvalue weighted by Crippen LogP contribution is 2.29. The second-order valence-corrected chi connectivity index (χ2v) is 3.75. The molecular weight excluding hydrogens is 174 g/mol. The van der Waals surface area contributed by atoms with Gasteiger partial charge in [0.2, 0.25) is 0 Å². The molecule has 0 aliphatic rings. The van der Waals surface area contributed by atoms with E-state index in [-0.39, 0.29) is 5.91 Å². The molecule has 1 aromatic heterocycles. The number of aryl methyl sites for hydroxylation is 1. The predicted octanol–water partition coefficient (Wildman–Crippen LogP) is 0.551. The lowest BCUT2D eigenvalue weighted by Crippen LogP contribution is -2.30. The lowest BCUT2D eigenvalue weighted by atomic mass is 10.1. The molecule has 0 unspecified atom stereocenters. The van der Waals surface area contributed by atoms with Crippen molar-refractivity contribution in [3.63, 3.8) is 0 Å². The van der Waals surface area contributed by atoms with E-state index < -0.39 is 0 Å². The van der Waals surface area contributed by atoms with Crippen molar-refractivity contribution < 1.29 is 4.79 Å². The molecule has 1 heterocycles. The fourth-order valence-corrected chi connectivity index (χ4v) is 1.94. The molecule has 0 saturated heterocycles. The average Bonchev–Trinajstić information content (AvgIpc) is 2.26. The Morgan fingerprint density at radius 3 is 2.42 bits per heavy atom. The minimum absolute atomic E-state index is 0.325. The maximum absolute atomic E-state index is 11.2. The number of hydrazine groups is 1. The van der Waals surface area contributed by atoms with Crippen LogP contribution in [0.4, 0.5) is 5.00 Å². The summed E-state index contributed by atoms with van der Waals surface area (Å²) in [5.74, 6) is 4.68. The van der Waals surface area contributed by atoms with Crippen molar-refractivity contribution in [2.75, 3.05) is 5.73 Å². The topological polar surface area (TPSA) is 81.1 Å². The predicted molar refractivity (Wildman–Crippen MR) is 49.9 cm³/mol. The quantitative estimate of drug-likeness (QED) is 0.339. The van der Waals surface area contributed by atoms with Gasteiger partial charge >= 0.3 is 0 Å². The van der Waals surface area contributed by atoms with Crippen LogP contribution in [0.3, 0.4) is 0 Å². The maximum Gasteiger partial charge on any atom is 0.268 e. The minimum atomic E-state index is -0.325. The smallest absolute Gasteiger partial charge is 0.268 e. The second-order valence-electron chi connectivity index (χ2n) is 2.50. The highest BCUT2D eigenvalue weighted by atomic mass is 32.1. The largest absolute Gasteiger partial charge is 0.390 e. The van der Waals surface area contributed by atoms with Crippen LogP contribution in [0.1, 0.15) is 20.8 Å². The van der Waals surface area contributed by atoms with Gasteiger partial charge in [0.1, 0.15) is 0 Å². The number of nitrogen functional groups attached to an aromatic ring is 2. The Morgan fingerprint density at radius 2 is 2.08 bits per heavy atom. The van der Waals surface area contributed by atoms with Crippen molar-refractivity contribution in [2.24, 2.45) is 5.84 Å². The molecule has 0 aliphatic carbocycles. The molecule has 0 saturated carbocycles. The molecule has 0 spiro atoms. The molecular formula is C7H11N3OS. The number of hydrogen-bond donors (Lipinski definition) is 3. The summed E-state index contributed by atoms with van der Waals surface area (Å²) in [6.45, 7) is 3.77. The van der Waals surface area contributed by atoms with Gasteiger partial charge in [-0.3, -0.25) is 10.2 Å². The van der Waals surface area contributed by atoms with Crippen molar-refractivity contribution >= 4 is 22.2 Å². The number of carbonyl (C=O) groups excluding carboxylic acids is 1. The number of rotatable bonds is 1. The van der Waals surface area contributed by atoms with E-state index in [0.717, 1.165) is 10.4 Å². The summed E-state index contributed by atoms with van der Waals surface area (Å²) in [6.07, 6.45) is 0. The first-order chi connectivity index (χ1) is 5.57. The Bertz CT molecular complexity index is 319. The fraction of sp³-hybridized carbons (Fsp3) is 0.286. The van der Waals surface area contributed by atoms with Crippen LogP contribution in [-0.4, -0.2) is 5.91 Å². The Hall–Kier alpha value is -1.07. The fourth-order valence-electron chi connectivity index (χ4n) is 1.01. The van der Waals surface area contributed by atoms with E-state index in [9.17, 15) is 4.79 Å². The number of nitrogens with one attached hydrogen (secondary N) is 1. The van der Waals surface area contributed by atoms with Gasteiger partial charge in [0, 0.05) is 4.88 Å². The molecule has 12 heavy (non-hydrogen) atoms. The van der Waals surface area contributed by atoms with Gasteiger partial charge < -0.3 is 5.73 Å². The zero-order valence-electron chi connectivity index (χ0n) is 6.97. The molecule has 5 N–H and O–H groups in total. The van der Waals surface area contributed by atoms with Crippen LogP contribution in [0.2, 0.25) is 0 Å². The summed E-state index contributed by atoms with van der Waals surface area (Å²) in [7, 11) is 0. The molecule has 1 rings (SSSR count). The van der Waals surface area contributed by atoms with E-state index in [1.54, 1.807) is 0 Å². The van der Waals surface area contributed by atoms with Crippen LogP contribution in [0.5, 0.6) is 0 Å². The van der Waals surface area contributed by atoms with Gasteiger partial charge in [0.25, 0.3) is 5.91 Å². The van der Waals surface area contributed by atoms with Crippen molar-refractivity contribution in [1.82, 2.24) is 5.43 Å². The van der Waals surface area contributed by atoms with Crippen molar-refractivity contribution in [3.05, 3.63) is 16.0 Å².